The predicted molar refractivity (Wildman–Crippen MR) is 349 cm³/mol. The van der Waals surface area contributed by atoms with E-state index in [0.717, 1.165) is 114 Å². The van der Waals surface area contributed by atoms with Crippen molar-refractivity contribution in [3.63, 3.8) is 0 Å². The zero-order chi connectivity index (χ0) is 64.7. The molecule has 0 rings (SSSR count). The quantitative estimate of drug-likeness (QED) is 0.0222. The van der Waals surface area contributed by atoms with Crippen LogP contribution >= 0.6 is 15.6 Å². The fourth-order valence-electron chi connectivity index (χ4n) is 10.1. The van der Waals surface area contributed by atoms with Crippen molar-refractivity contribution in [3.05, 3.63) is 0 Å². The number of phosphoric acid groups is 2. The van der Waals surface area contributed by atoms with Crippen LogP contribution in [0.5, 0.6) is 0 Å². The molecule has 19 heteroatoms. The number of rotatable bonds is 65. The van der Waals surface area contributed by atoms with Gasteiger partial charge in [-0.3, -0.25) is 37.3 Å². The Balaban J connectivity index is 5.25. The highest BCUT2D eigenvalue weighted by atomic mass is 31.2. The molecular weight excluding hydrogens is 1150 g/mol. The van der Waals surface area contributed by atoms with Gasteiger partial charge in [0.25, 0.3) is 0 Å². The minimum absolute atomic E-state index is 0.104. The molecule has 516 valence electrons. The van der Waals surface area contributed by atoms with Crippen molar-refractivity contribution in [1.29, 1.82) is 0 Å². The van der Waals surface area contributed by atoms with Gasteiger partial charge in [-0.2, -0.15) is 0 Å². The highest BCUT2D eigenvalue weighted by Crippen LogP contribution is 2.45. The maximum atomic E-state index is 13.0. The molecule has 0 aliphatic rings. The second-order valence-corrected chi connectivity index (χ2v) is 29.4. The van der Waals surface area contributed by atoms with E-state index in [2.05, 4.69) is 55.4 Å². The van der Waals surface area contributed by atoms with E-state index in [1.165, 1.54) is 128 Å². The van der Waals surface area contributed by atoms with Crippen molar-refractivity contribution in [2.24, 2.45) is 23.7 Å². The highest BCUT2D eigenvalue weighted by molar-refractivity contribution is 7.47. The van der Waals surface area contributed by atoms with Gasteiger partial charge in [0.05, 0.1) is 26.4 Å². The van der Waals surface area contributed by atoms with Crippen LogP contribution in [-0.2, 0) is 65.4 Å². The summed E-state index contributed by atoms with van der Waals surface area (Å²) in [6.07, 6.45) is 39.1. The lowest BCUT2D eigenvalue weighted by atomic mass is 10.0. The van der Waals surface area contributed by atoms with Gasteiger partial charge in [0.1, 0.15) is 19.3 Å². The zero-order valence-electron chi connectivity index (χ0n) is 56.6. The molecule has 17 nitrogen and oxygen atoms in total. The highest BCUT2D eigenvalue weighted by Gasteiger charge is 2.30. The summed E-state index contributed by atoms with van der Waals surface area (Å²) in [5.74, 6) is 0.789. The van der Waals surface area contributed by atoms with Crippen LogP contribution in [0.2, 0.25) is 0 Å². The van der Waals surface area contributed by atoms with Gasteiger partial charge in [-0.1, -0.05) is 280 Å². The maximum Gasteiger partial charge on any atom is 0.472 e. The first-order chi connectivity index (χ1) is 41.6. The Bertz CT molecular complexity index is 1730. The van der Waals surface area contributed by atoms with Crippen molar-refractivity contribution in [2.45, 2.75) is 350 Å². The van der Waals surface area contributed by atoms with Crippen LogP contribution < -0.4 is 0 Å². The zero-order valence-corrected chi connectivity index (χ0v) is 58.4. The average Bonchev–Trinajstić information content (AvgIpc) is 3.61. The number of hydrogen-bond donors (Lipinski definition) is 3. The fraction of sp³-hybridized carbons (Fsp3) is 0.941. The predicted octanol–water partition coefficient (Wildman–Crippen LogP) is 18.9. The number of ether oxygens (including phenoxy) is 4. The lowest BCUT2D eigenvalue weighted by Gasteiger charge is -2.21. The van der Waals surface area contributed by atoms with Crippen LogP contribution in [0.1, 0.15) is 331 Å². The number of aliphatic hydroxyl groups excluding tert-OH is 1. The number of phosphoric ester groups is 2. The summed E-state index contributed by atoms with van der Waals surface area (Å²) in [5, 5.41) is 10.6. The summed E-state index contributed by atoms with van der Waals surface area (Å²) >= 11 is 0. The molecule has 0 aromatic carbocycles. The molecular formula is C68H132O17P2. The fourth-order valence-corrected chi connectivity index (χ4v) is 11.7. The van der Waals surface area contributed by atoms with Crippen molar-refractivity contribution in [1.82, 2.24) is 0 Å². The molecule has 0 heterocycles. The smallest absolute Gasteiger partial charge is 0.462 e. The molecule has 0 spiro atoms. The largest absolute Gasteiger partial charge is 0.472 e. The van der Waals surface area contributed by atoms with Crippen molar-refractivity contribution < 1.29 is 80.2 Å². The monoisotopic (exact) mass is 1280 g/mol. The molecule has 0 bridgehead atoms. The minimum atomic E-state index is -4.95. The normalized spacial score (nSPS) is 14.3. The molecule has 0 radical (unpaired) electrons. The number of aliphatic hydroxyl groups is 1. The summed E-state index contributed by atoms with van der Waals surface area (Å²) in [7, 11) is -9.90. The van der Waals surface area contributed by atoms with E-state index in [9.17, 15) is 43.2 Å². The van der Waals surface area contributed by atoms with E-state index in [1.54, 1.807) is 0 Å². The van der Waals surface area contributed by atoms with E-state index in [-0.39, 0.29) is 25.7 Å². The Morgan fingerprint density at radius 3 is 0.713 bits per heavy atom. The molecule has 0 aromatic heterocycles. The third-order valence-electron chi connectivity index (χ3n) is 15.6. The van der Waals surface area contributed by atoms with Gasteiger partial charge in [-0.15, -0.1) is 0 Å². The van der Waals surface area contributed by atoms with Gasteiger partial charge in [0.15, 0.2) is 12.2 Å². The van der Waals surface area contributed by atoms with Crippen LogP contribution in [0, 0.1) is 23.7 Å². The summed E-state index contributed by atoms with van der Waals surface area (Å²) in [5.41, 5.74) is 0. The first-order valence-corrected chi connectivity index (χ1v) is 38.2. The minimum Gasteiger partial charge on any atom is -0.462 e. The molecule has 0 saturated heterocycles. The standard InChI is InChI=1S/C68H132O17P2/c1-58(2)44-36-28-20-14-10-9-11-17-23-32-40-48-65(70)78-54-63(84-67(72)50-42-34-24-18-12-15-21-29-37-45-59(3)4)56-82-86(74,75)80-52-62(69)53-81-87(76,77)83-57-64(55-79-66(71)49-41-33-27-26-31-39-47-61(7)8)85-68(73)51-43-35-25-19-13-16-22-30-38-46-60(5)6/h58-64,69H,9-57H2,1-8H3,(H,74,75)(H,76,77)/t62-,63-,64-/m1/s1. The van der Waals surface area contributed by atoms with Gasteiger partial charge in [0, 0.05) is 25.7 Å². The first kappa shape index (κ1) is 85.1. The first-order valence-electron chi connectivity index (χ1n) is 35.2. The van der Waals surface area contributed by atoms with Crippen LogP contribution in [0.15, 0.2) is 0 Å². The van der Waals surface area contributed by atoms with Gasteiger partial charge < -0.3 is 33.8 Å². The van der Waals surface area contributed by atoms with E-state index in [1.807, 2.05) is 0 Å². The molecule has 0 saturated carbocycles. The van der Waals surface area contributed by atoms with E-state index < -0.39 is 97.5 Å². The van der Waals surface area contributed by atoms with Gasteiger partial charge >= 0.3 is 39.5 Å². The van der Waals surface area contributed by atoms with Gasteiger partial charge in [-0.25, -0.2) is 9.13 Å². The van der Waals surface area contributed by atoms with Crippen molar-refractivity contribution >= 4 is 39.5 Å². The van der Waals surface area contributed by atoms with E-state index in [0.29, 0.717) is 31.6 Å². The van der Waals surface area contributed by atoms with Crippen molar-refractivity contribution in [3.8, 4) is 0 Å². The lowest BCUT2D eigenvalue weighted by Crippen LogP contribution is -2.30. The maximum absolute atomic E-state index is 13.0. The van der Waals surface area contributed by atoms with Crippen LogP contribution in [-0.4, -0.2) is 96.7 Å². The molecule has 0 amide bonds. The number of esters is 4. The Morgan fingerprint density at radius 1 is 0.287 bits per heavy atom. The molecule has 2 unspecified atom stereocenters. The third-order valence-corrected chi connectivity index (χ3v) is 17.5. The van der Waals surface area contributed by atoms with Crippen LogP contribution in [0.3, 0.4) is 0 Å². The Kier molecular flexibility index (Phi) is 56.6. The summed E-state index contributed by atoms with van der Waals surface area (Å²) in [4.78, 5) is 72.4. The Hall–Kier alpha value is -1.94. The van der Waals surface area contributed by atoms with E-state index in [4.69, 9.17) is 37.0 Å². The second-order valence-electron chi connectivity index (χ2n) is 26.5. The lowest BCUT2D eigenvalue weighted by molar-refractivity contribution is -0.161. The van der Waals surface area contributed by atoms with Gasteiger partial charge in [-0.05, 0) is 49.4 Å². The molecule has 5 atom stereocenters. The number of carbonyl (C=O) groups excluding carboxylic acids is 4. The topological polar surface area (TPSA) is 237 Å². The molecule has 0 aliphatic heterocycles. The molecule has 87 heavy (non-hydrogen) atoms. The van der Waals surface area contributed by atoms with E-state index >= 15 is 0 Å². The van der Waals surface area contributed by atoms with Crippen LogP contribution in [0.25, 0.3) is 0 Å². The van der Waals surface area contributed by atoms with Crippen LogP contribution in [0.4, 0.5) is 0 Å². The molecule has 0 fully saturated rings. The summed E-state index contributed by atoms with van der Waals surface area (Å²) in [6, 6.07) is 0. The number of unbranched alkanes of at least 4 members (excludes halogenated alkanes) is 31. The molecule has 3 N–H and O–H groups in total. The number of hydrogen-bond acceptors (Lipinski definition) is 15. The SMILES string of the molecule is CC(C)CCCCCCCCCCCCCC(=O)OC[C@H](COP(=O)(O)OC[C@@H](O)COP(=O)(O)OC[C@@H](COC(=O)CCCCCCCCC(C)C)OC(=O)CCCCCCCCCCCC(C)C)OC(=O)CCCCCCCCCCCC(C)C. The second kappa shape index (κ2) is 57.9. The molecule has 0 aliphatic carbocycles. The number of carbonyl (C=O) groups is 4. The Morgan fingerprint density at radius 2 is 0.483 bits per heavy atom. The Labute approximate surface area is 530 Å². The molecule has 0 aromatic rings. The average molecular weight is 1280 g/mol. The van der Waals surface area contributed by atoms with Crippen molar-refractivity contribution in [2.75, 3.05) is 39.6 Å². The summed E-state index contributed by atoms with van der Waals surface area (Å²) < 4.78 is 68.2. The third kappa shape index (κ3) is 62.6. The summed E-state index contributed by atoms with van der Waals surface area (Å²) in [6.45, 7) is 14.0. The van der Waals surface area contributed by atoms with Gasteiger partial charge in [0.2, 0.25) is 0 Å².